The van der Waals surface area contributed by atoms with Crippen molar-refractivity contribution in [2.75, 3.05) is 33.4 Å². The molecule has 1 aromatic heterocycles. The average Bonchev–Trinajstić information content (AvgIpc) is 2.95. The van der Waals surface area contributed by atoms with Crippen LogP contribution in [0.15, 0.2) is 12.4 Å². The van der Waals surface area contributed by atoms with Gasteiger partial charge in [-0.3, -0.25) is 4.68 Å². The van der Waals surface area contributed by atoms with Crippen molar-refractivity contribution in [3.8, 4) is 0 Å². The van der Waals surface area contributed by atoms with Crippen molar-refractivity contribution in [1.82, 2.24) is 20.0 Å². The van der Waals surface area contributed by atoms with Crippen molar-refractivity contribution in [2.24, 2.45) is 7.05 Å². The van der Waals surface area contributed by atoms with Crippen LogP contribution in [0.25, 0.3) is 0 Å². The summed E-state index contributed by atoms with van der Waals surface area (Å²) in [4.78, 5) is 14.1. The van der Waals surface area contributed by atoms with Crippen LogP contribution < -0.4 is 5.32 Å². The second-order valence-corrected chi connectivity index (χ2v) is 5.61. The molecule has 0 aliphatic carbocycles. The van der Waals surface area contributed by atoms with Crippen LogP contribution in [0.4, 0.5) is 4.79 Å². The van der Waals surface area contributed by atoms with E-state index < -0.39 is 0 Å². The lowest BCUT2D eigenvalue weighted by atomic mass is 10.1. The quantitative estimate of drug-likeness (QED) is 0.820. The highest BCUT2D eigenvalue weighted by Crippen LogP contribution is 2.12. The lowest BCUT2D eigenvalue weighted by Gasteiger charge is -2.26. The van der Waals surface area contributed by atoms with Crippen LogP contribution in [0.5, 0.6) is 0 Å². The molecule has 0 aromatic carbocycles. The van der Waals surface area contributed by atoms with Gasteiger partial charge in [0.25, 0.3) is 0 Å². The van der Waals surface area contributed by atoms with E-state index in [9.17, 15) is 4.79 Å². The van der Waals surface area contributed by atoms with Crippen molar-refractivity contribution in [3.05, 3.63) is 18.0 Å². The first-order valence-corrected chi connectivity index (χ1v) is 7.80. The zero-order valence-corrected chi connectivity index (χ0v) is 13.5. The second kappa shape index (κ2) is 8.75. The van der Waals surface area contributed by atoms with Crippen LogP contribution in [-0.2, 0) is 23.1 Å². The molecule has 2 rings (SSSR count). The van der Waals surface area contributed by atoms with E-state index in [1.54, 1.807) is 22.9 Å². The number of nitrogens with one attached hydrogen (secondary N) is 1. The maximum atomic E-state index is 12.4. The third-order valence-electron chi connectivity index (χ3n) is 3.74. The molecule has 2 amide bonds. The van der Waals surface area contributed by atoms with Gasteiger partial charge in [0, 0.05) is 45.6 Å². The summed E-state index contributed by atoms with van der Waals surface area (Å²) in [6.07, 6.45) is 7.13. The lowest BCUT2D eigenvalue weighted by molar-refractivity contribution is 0.0175. The number of methoxy groups -OCH3 is 1. The Morgan fingerprint density at radius 1 is 1.59 bits per heavy atom. The largest absolute Gasteiger partial charge is 0.383 e. The predicted octanol–water partition coefficient (Wildman–Crippen LogP) is 1.15. The number of rotatable bonds is 7. The molecular weight excluding hydrogens is 284 g/mol. The van der Waals surface area contributed by atoms with Gasteiger partial charge < -0.3 is 19.7 Å². The van der Waals surface area contributed by atoms with Gasteiger partial charge in [0.05, 0.1) is 25.5 Å². The summed E-state index contributed by atoms with van der Waals surface area (Å²) in [7, 11) is 3.50. The number of hydrogen-bond acceptors (Lipinski definition) is 4. The molecule has 1 saturated heterocycles. The fraction of sp³-hybridized carbons (Fsp3) is 0.733. The molecule has 7 nitrogen and oxygen atoms in total. The monoisotopic (exact) mass is 310 g/mol. The van der Waals surface area contributed by atoms with Gasteiger partial charge in [-0.2, -0.15) is 5.10 Å². The first-order chi connectivity index (χ1) is 10.7. The van der Waals surface area contributed by atoms with E-state index in [-0.39, 0.29) is 12.1 Å². The summed E-state index contributed by atoms with van der Waals surface area (Å²) in [6, 6.07) is -0.0879. The number of aromatic nitrogens is 2. The first kappa shape index (κ1) is 16.8. The van der Waals surface area contributed by atoms with Crippen LogP contribution in [0.1, 0.15) is 24.8 Å². The highest BCUT2D eigenvalue weighted by molar-refractivity contribution is 5.74. The Morgan fingerprint density at radius 3 is 3.09 bits per heavy atom. The molecule has 1 fully saturated rings. The Morgan fingerprint density at radius 2 is 2.45 bits per heavy atom. The summed E-state index contributed by atoms with van der Waals surface area (Å²) in [6.45, 7) is 2.93. The number of ether oxygens (including phenoxy) is 2. The Balaban J connectivity index is 1.84. The molecule has 22 heavy (non-hydrogen) atoms. The first-order valence-electron chi connectivity index (χ1n) is 7.80. The molecule has 124 valence electrons. The average molecular weight is 310 g/mol. The molecule has 0 saturated carbocycles. The number of carbonyl (C=O) groups is 1. The number of nitrogens with zero attached hydrogens (tertiary/aromatic N) is 3. The van der Waals surface area contributed by atoms with Crippen molar-refractivity contribution in [2.45, 2.75) is 31.9 Å². The summed E-state index contributed by atoms with van der Waals surface area (Å²) in [5.74, 6) is 0. The fourth-order valence-electron chi connectivity index (χ4n) is 2.51. The zero-order valence-electron chi connectivity index (χ0n) is 13.5. The molecule has 1 atom stereocenters. The molecule has 1 aromatic rings. The van der Waals surface area contributed by atoms with Crippen LogP contribution in [0, 0.1) is 0 Å². The van der Waals surface area contributed by atoms with E-state index in [1.807, 2.05) is 13.2 Å². The minimum absolute atomic E-state index is 0.0879. The standard InChI is InChI=1S/C15H26N4O3/c1-18-11-13(9-17-18)12-19(6-8-21-2)15(20)16-10-14-5-3-4-7-22-14/h9,11,14H,3-8,10,12H2,1-2H3,(H,16,20). The van der Waals surface area contributed by atoms with Crippen LogP contribution in [-0.4, -0.2) is 60.2 Å². The number of amides is 2. The third-order valence-corrected chi connectivity index (χ3v) is 3.74. The number of aryl methyl sites for hydroxylation is 1. The van der Waals surface area contributed by atoms with Crippen LogP contribution in [0.3, 0.4) is 0 Å². The van der Waals surface area contributed by atoms with Gasteiger partial charge in [0.2, 0.25) is 0 Å². The predicted molar refractivity (Wildman–Crippen MR) is 82.5 cm³/mol. The highest BCUT2D eigenvalue weighted by atomic mass is 16.5. The van der Waals surface area contributed by atoms with Gasteiger partial charge in [-0.1, -0.05) is 0 Å². The van der Waals surface area contributed by atoms with E-state index in [0.29, 0.717) is 26.2 Å². The van der Waals surface area contributed by atoms with Crippen molar-refractivity contribution < 1.29 is 14.3 Å². The summed E-state index contributed by atoms with van der Waals surface area (Å²) < 4.78 is 12.5. The maximum Gasteiger partial charge on any atom is 0.317 e. The molecule has 7 heteroatoms. The van der Waals surface area contributed by atoms with E-state index >= 15 is 0 Å². The summed E-state index contributed by atoms with van der Waals surface area (Å²) in [5.41, 5.74) is 1.00. The minimum atomic E-state index is -0.0879. The Kier molecular flexibility index (Phi) is 6.67. The summed E-state index contributed by atoms with van der Waals surface area (Å²) in [5, 5.41) is 7.10. The van der Waals surface area contributed by atoms with Gasteiger partial charge in [0.15, 0.2) is 0 Å². The molecule has 1 aliphatic rings. The topological polar surface area (TPSA) is 68.6 Å². The van der Waals surface area contributed by atoms with Crippen LogP contribution >= 0.6 is 0 Å². The molecule has 2 heterocycles. The highest BCUT2D eigenvalue weighted by Gasteiger charge is 2.18. The van der Waals surface area contributed by atoms with Gasteiger partial charge in [-0.05, 0) is 19.3 Å². The Labute approximate surface area is 131 Å². The molecule has 0 spiro atoms. The van der Waals surface area contributed by atoms with Gasteiger partial charge in [-0.25, -0.2) is 4.79 Å². The van der Waals surface area contributed by atoms with Gasteiger partial charge >= 0.3 is 6.03 Å². The van der Waals surface area contributed by atoms with Crippen molar-refractivity contribution in [1.29, 1.82) is 0 Å². The van der Waals surface area contributed by atoms with Crippen LogP contribution in [0.2, 0.25) is 0 Å². The van der Waals surface area contributed by atoms with Gasteiger partial charge in [-0.15, -0.1) is 0 Å². The molecule has 0 bridgehead atoms. The second-order valence-electron chi connectivity index (χ2n) is 5.61. The van der Waals surface area contributed by atoms with Gasteiger partial charge in [0.1, 0.15) is 0 Å². The Bertz CT molecular complexity index is 457. The van der Waals surface area contributed by atoms with E-state index in [2.05, 4.69) is 10.4 Å². The normalized spacial score (nSPS) is 18.2. The number of urea groups is 1. The molecule has 1 unspecified atom stereocenters. The SMILES string of the molecule is COCCN(Cc1cnn(C)c1)C(=O)NCC1CCCCO1. The zero-order chi connectivity index (χ0) is 15.8. The van der Waals surface area contributed by atoms with Crippen molar-refractivity contribution >= 4 is 6.03 Å². The number of hydrogen-bond donors (Lipinski definition) is 1. The Hall–Kier alpha value is -1.60. The molecule has 1 N–H and O–H groups in total. The van der Waals surface area contributed by atoms with E-state index in [4.69, 9.17) is 9.47 Å². The van der Waals surface area contributed by atoms with Crippen molar-refractivity contribution in [3.63, 3.8) is 0 Å². The third kappa shape index (κ3) is 5.31. The molecular formula is C15H26N4O3. The molecule has 1 aliphatic heterocycles. The number of carbonyl (C=O) groups excluding carboxylic acids is 1. The lowest BCUT2D eigenvalue weighted by Crippen LogP contribution is -2.44. The van der Waals surface area contributed by atoms with E-state index in [0.717, 1.165) is 25.0 Å². The summed E-state index contributed by atoms with van der Waals surface area (Å²) >= 11 is 0. The van der Waals surface area contributed by atoms with E-state index in [1.165, 1.54) is 6.42 Å². The minimum Gasteiger partial charge on any atom is -0.383 e. The molecule has 0 radical (unpaired) electrons. The fourth-order valence-corrected chi connectivity index (χ4v) is 2.51. The maximum absolute atomic E-state index is 12.4. The smallest absolute Gasteiger partial charge is 0.317 e.